The van der Waals surface area contributed by atoms with Gasteiger partial charge in [-0.2, -0.15) is 10.4 Å². The Hall–Kier alpha value is -4.79. The molecule has 0 aliphatic rings. The van der Waals surface area contributed by atoms with E-state index in [0.29, 0.717) is 24.2 Å². The van der Waals surface area contributed by atoms with E-state index in [1.807, 2.05) is 6.07 Å². The highest BCUT2D eigenvalue weighted by Gasteiger charge is 2.19. The molecule has 0 radical (unpaired) electrons. The molecule has 11 nitrogen and oxygen atoms in total. The number of nitrogens with one attached hydrogen (secondary N) is 2. The average Bonchev–Trinajstić information content (AvgIpc) is 3.17. The van der Waals surface area contributed by atoms with Crippen LogP contribution in [0.5, 0.6) is 0 Å². The molecule has 0 saturated carbocycles. The van der Waals surface area contributed by atoms with Gasteiger partial charge in [-0.15, -0.1) is 0 Å². The summed E-state index contributed by atoms with van der Waals surface area (Å²) in [6.07, 6.45) is 0.780. The lowest BCUT2D eigenvalue weighted by Crippen LogP contribution is -2.45. The van der Waals surface area contributed by atoms with Crippen molar-refractivity contribution in [1.29, 1.82) is 5.26 Å². The van der Waals surface area contributed by atoms with Crippen LogP contribution >= 0.6 is 0 Å². The van der Waals surface area contributed by atoms with Crippen LogP contribution in [0, 0.1) is 27.3 Å². The monoisotopic (exact) mass is 479 g/mol. The van der Waals surface area contributed by atoms with Gasteiger partial charge in [-0.25, -0.2) is 9.07 Å². The highest BCUT2D eigenvalue weighted by Crippen LogP contribution is 2.21. The van der Waals surface area contributed by atoms with E-state index in [2.05, 4.69) is 15.7 Å². The number of aromatic nitrogens is 2. The van der Waals surface area contributed by atoms with Gasteiger partial charge in [-0.05, 0) is 50.1 Å². The minimum atomic E-state index is -0.884. The summed E-state index contributed by atoms with van der Waals surface area (Å²) < 4.78 is 14.5. The molecule has 0 fully saturated rings. The van der Waals surface area contributed by atoms with E-state index >= 15 is 0 Å². The van der Waals surface area contributed by atoms with Crippen molar-refractivity contribution in [3.8, 4) is 11.8 Å². The lowest BCUT2D eigenvalue weighted by Gasteiger charge is -2.14. The van der Waals surface area contributed by atoms with Crippen LogP contribution in [0.4, 0.5) is 15.9 Å². The molecule has 180 valence electrons. The van der Waals surface area contributed by atoms with Crippen molar-refractivity contribution in [1.82, 2.24) is 20.4 Å². The average molecular weight is 479 g/mol. The molecule has 12 heteroatoms. The van der Waals surface area contributed by atoms with Crippen LogP contribution in [0.2, 0.25) is 0 Å². The zero-order valence-corrected chi connectivity index (χ0v) is 18.7. The first kappa shape index (κ1) is 24.8. The van der Waals surface area contributed by atoms with Crippen molar-refractivity contribution >= 4 is 23.3 Å². The Bertz CT molecular complexity index is 1300. The molecule has 3 rings (SSSR count). The zero-order chi connectivity index (χ0) is 25.5. The van der Waals surface area contributed by atoms with Crippen LogP contribution in [0.1, 0.15) is 35.0 Å². The van der Waals surface area contributed by atoms with Crippen LogP contribution in [0.3, 0.4) is 0 Å². The number of nitriles is 1. The number of benzene rings is 2. The summed E-state index contributed by atoms with van der Waals surface area (Å²) in [5.74, 6) is -1.33. The molecular weight excluding hydrogens is 457 g/mol. The predicted octanol–water partition coefficient (Wildman–Crippen LogP) is 2.24. The Morgan fingerprint density at radius 1 is 1.29 bits per heavy atom. The molecule has 1 atom stereocenters. The SMILES string of the molecule is CC(NC(=O)c1cccc([N+](=O)[O-])c1)C(=O)NCCCc1nn(-c2ccc(F)cc2)c(N)c1C#N. The number of hydrogen-bond acceptors (Lipinski definition) is 7. The van der Waals surface area contributed by atoms with Crippen molar-refractivity contribution in [3.63, 3.8) is 0 Å². The van der Waals surface area contributed by atoms with E-state index in [9.17, 15) is 29.4 Å². The number of nitrogens with two attached hydrogens (primary N) is 1. The van der Waals surface area contributed by atoms with E-state index in [0.717, 1.165) is 6.07 Å². The molecule has 0 aliphatic carbocycles. The Morgan fingerprint density at radius 3 is 2.66 bits per heavy atom. The molecule has 1 aromatic heterocycles. The molecule has 2 aromatic carbocycles. The first-order chi connectivity index (χ1) is 16.7. The molecule has 4 N–H and O–H groups in total. The van der Waals surface area contributed by atoms with E-state index in [4.69, 9.17) is 5.73 Å². The first-order valence-electron chi connectivity index (χ1n) is 10.6. The van der Waals surface area contributed by atoms with E-state index in [-0.39, 0.29) is 29.2 Å². The number of non-ortho nitro benzene ring substituents is 1. The van der Waals surface area contributed by atoms with Crippen molar-refractivity contribution in [2.24, 2.45) is 0 Å². The van der Waals surface area contributed by atoms with Gasteiger partial charge in [0.1, 0.15) is 29.3 Å². The van der Waals surface area contributed by atoms with Gasteiger partial charge >= 0.3 is 0 Å². The topological polar surface area (TPSA) is 169 Å². The maximum absolute atomic E-state index is 13.2. The van der Waals surface area contributed by atoms with Crippen molar-refractivity contribution in [3.05, 3.63) is 81.3 Å². The summed E-state index contributed by atoms with van der Waals surface area (Å²) in [6.45, 7) is 1.73. The molecule has 2 amide bonds. The Balaban J connectivity index is 1.53. The number of anilines is 1. The molecule has 0 spiro atoms. The number of amides is 2. The Kier molecular flexibility index (Phi) is 7.73. The number of nitrogen functional groups attached to an aromatic ring is 1. The second-order valence-corrected chi connectivity index (χ2v) is 7.60. The predicted molar refractivity (Wildman–Crippen MR) is 124 cm³/mol. The number of hydrogen-bond donors (Lipinski definition) is 3. The summed E-state index contributed by atoms with van der Waals surface area (Å²) in [5, 5.41) is 29.9. The Labute approximate surface area is 199 Å². The molecule has 0 bridgehead atoms. The van der Waals surface area contributed by atoms with Crippen LogP contribution in [0.15, 0.2) is 48.5 Å². The number of nitrogens with zero attached hydrogens (tertiary/aromatic N) is 4. The molecule has 1 unspecified atom stereocenters. The fourth-order valence-electron chi connectivity index (χ4n) is 3.28. The highest BCUT2D eigenvalue weighted by molar-refractivity contribution is 5.97. The summed E-state index contributed by atoms with van der Waals surface area (Å²) >= 11 is 0. The summed E-state index contributed by atoms with van der Waals surface area (Å²) in [5.41, 5.74) is 7.03. The first-order valence-corrected chi connectivity index (χ1v) is 10.6. The second kappa shape index (κ2) is 10.9. The van der Waals surface area contributed by atoms with Crippen molar-refractivity contribution in [2.75, 3.05) is 12.3 Å². The summed E-state index contributed by atoms with van der Waals surface area (Å²) in [6, 6.07) is 11.8. The maximum atomic E-state index is 13.2. The van der Waals surface area contributed by atoms with Crippen LogP contribution in [-0.4, -0.2) is 39.1 Å². The van der Waals surface area contributed by atoms with Crippen LogP contribution < -0.4 is 16.4 Å². The van der Waals surface area contributed by atoms with Gasteiger partial charge in [0.25, 0.3) is 11.6 Å². The molecule has 35 heavy (non-hydrogen) atoms. The van der Waals surface area contributed by atoms with Gasteiger partial charge < -0.3 is 16.4 Å². The fraction of sp³-hybridized carbons (Fsp3) is 0.217. The summed E-state index contributed by atoms with van der Waals surface area (Å²) in [7, 11) is 0. The van der Waals surface area contributed by atoms with Crippen molar-refractivity contribution < 1.29 is 18.9 Å². The van der Waals surface area contributed by atoms with E-state index < -0.39 is 28.6 Å². The number of nitro benzene ring substituents is 1. The van der Waals surface area contributed by atoms with Gasteiger partial charge in [0, 0.05) is 24.2 Å². The number of nitro groups is 1. The van der Waals surface area contributed by atoms with E-state index in [1.165, 1.54) is 54.1 Å². The summed E-state index contributed by atoms with van der Waals surface area (Å²) in [4.78, 5) is 34.9. The molecule has 0 aliphatic heterocycles. The standard InChI is InChI=1S/C23H22FN7O4/c1-14(28-23(33)15-4-2-5-18(12-15)31(34)35)22(32)27-11-3-6-20-19(13-25)21(26)30(29-20)17-9-7-16(24)8-10-17/h2,4-5,7-10,12,14H,3,6,11,26H2,1H3,(H,27,32)(H,28,33). The quantitative estimate of drug-likeness (QED) is 0.240. The van der Waals surface area contributed by atoms with Gasteiger partial charge in [-0.3, -0.25) is 19.7 Å². The number of aryl methyl sites for hydroxylation is 1. The lowest BCUT2D eigenvalue weighted by atomic mass is 10.1. The third-order valence-electron chi connectivity index (χ3n) is 5.13. The van der Waals surface area contributed by atoms with Crippen molar-refractivity contribution in [2.45, 2.75) is 25.8 Å². The number of carbonyl (C=O) groups is 2. The van der Waals surface area contributed by atoms with Gasteiger partial charge in [0.05, 0.1) is 16.3 Å². The second-order valence-electron chi connectivity index (χ2n) is 7.60. The smallest absolute Gasteiger partial charge is 0.270 e. The van der Waals surface area contributed by atoms with Gasteiger partial charge in [0.15, 0.2) is 0 Å². The van der Waals surface area contributed by atoms with Gasteiger partial charge in [0.2, 0.25) is 5.91 Å². The third kappa shape index (κ3) is 5.97. The number of carbonyl (C=O) groups excluding carboxylic acids is 2. The third-order valence-corrected chi connectivity index (χ3v) is 5.13. The minimum Gasteiger partial charge on any atom is -0.382 e. The highest BCUT2D eigenvalue weighted by atomic mass is 19.1. The number of halogens is 1. The maximum Gasteiger partial charge on any atom is 0.270 e. The molecular formula is C23H22FN7O4. The molecule has 1 heterocycles. The Morgan fingerprint density at radius 2 is 2.00 bits per heavy atom. The lowest BCUT2D eigenvalue weighted by molar-refractivity contribution is -0.384. The van der Waals surface area contributed by atoms with Crippen LogP contribution in [0.25, 0.3) is 5.69 Å². The zero-order valence-electron chi connectivity index (χ0n) is 18.7. The normalized spacial score (nSPS) is 11.3. The van der Waals surface area contributed by atoms with Gasteiger partial charge in [-0.1, -0.05) is 6.07 Å². The van der Waals surface area contributed by atoms with E-state index in [1.54, 1.807) is 0 Å². The largest absolute Gasteiger partial charge is 0.382 e. The molecule has 3 aromatic rings. The fourth-order valence-corrected chi connectivity index (χ4v) is 3.28. The number of rotatable bonds is 9. The van der Waals surface area contributed by atoms with Crippen LogP contribution in [-0.2, 0) is 11.2 Å². The molecule has 0 saturated heterocycles. The minimum absolute atomic E-state index is 0.0669.